The Bertz CT molecular complexity index is 303. The minimum Gasteiger partial charge on any atom is -0.478 e. The minimum absolute atomic E-state index is 0.0463. The van der Waals surface area contributed by atoms with E-state index in [2.05, 4.69) is 0 Å². The average molecular weight is 155 g/mol. The maximum atomic E-state index is 10.4. The van der Waals surface area contributed by atoms with Gasteiger partial charge in [-0.3, -0.25) is 0 Å². The van der Waals surface area contributed by atoms with Crippen molar-refractivity contribution in [3.8, 4) is 0 Å². The van der Waals surface area contributed by atoms with Crippen molar-refractivity contribution in [3.63, 3.8) is 0 Å². The summed E-state index contributed by atoms with van der Waals surface area (Å²) in [6, 6.07) is 0. The van der Waals surface area contributed by atoms with Crippen LogP contribution in [-0.2, 0) is 7.05 Å². The van der Waals surface area contributed by atoms with Crippen LogP contribution in [0.4, 0.5) is 11.5 Å². The van der Waals surface area contributed by atoms with Crippen molar-refractivity contribution in [3.05, 3.63) is 11.8 Å². The summed E-state index contributed by atoms with van der Waals surface area (Å²) in [5, 5.41) is 8.55. The molecule has 0 radical (unpaired) electrons. The van der Waals surface area contributed by atoms with Crippen molar-refractivity contribution in [2.24, 2.45) is 7.05 Å². The van der Waals surface area contributed by atoms with Crippen molar-refractivity contribution in [2.75, 3.05) is 11.5 Å². The molecule has 1 aromatic rings. The van der Waals surface area contributed by atoms with Crippen molar-refractivity contribution in [2.45, 2.75) is 0 Å². The molecule has 0 atom stereocenters. The lowest BCUT2D eigenvalue weighted by Crippen LogP contribution is -2.00. The van der Waals surface area contributed by atoms with Gasteiger partial charge in [0.25, 0.3) is 0 Å². The average Bonchev–Trinajstić information content (AvgIpc) is 2.17. The zero-order chi connectivity index (χ0) is 8.59. The smallest absolute Gasteiger partial charge is 0.339 e. The van der Waals surface area contributed by atoms with Gasteiger partial charge in [0, 0.05) is 13.2 Å². The zero-order valence-electron chi connectivity index (χ0n) is 6.03. The highest BCUT2D eigenvalue weighted by molar-refractivity contribution is 5.96. The molecule has 0 saturated heterocycles. The molecule has 1 rings (SSSR count). The molecule has 0 aliphatic rings. The highest BCUT2D eigenvalue weighted by Gasteiger charge is 2.13. The number of carboxylic acid groups (broad SMARTS) is 1. The summed E-state index contributed by atoms with van der Waals surface area (Å²) >= 11 is 0. The molecular weight excluding hydrogens is 146 g/mol. The van der Waals surface area contributed by atoms with Gasteiger partial charge in [-0.05, 0) is 0 Å². The summed E-state index contributed by atoms with van der Waals surface area (Å²) < 4.78 is 1.47. The summed E-state index contributed by atoms with van der Waals surface area (Å²) in [6.45, 7) is 0. The van der Waals surface area contributed by atoms with E-state index in [0.29, 0.717) is 0 Å². The van der Waals surface area contributed by atoms with Gasteiger partial charge in [-0.15, -0.1) is 0 Å². The molecule has 1 aromatic heterocycles. The van der Waals surface area contributed by atoms with E-state index in [0.717, 1.165) is 0 Å². The zero-order valence-corrected chi connectivity index (χ0v) is 6.03. The standard InChI is InChI=1S/C6H9N3O2/c1-9-2-3(6(10)11)4(7)5(9)8/h2H,7-8H2,1H3,(H,10,11). The number of nitrogens with two attached hydrogens (primary N) is 2. The number of carboxylic acids is 1. The Morgan fingerprint density at radius 3 is 2.36 bits per heavy atom. The van der Waals surface area contributed by atoms with Crippen LogP contribution >= 0.6 is 0 Å². The number of rotatable bonds is 1. The lowest BCUT2D eigenvalue weighted by molar-refractivity contribution is 0.0698. The fraction of sp³-hybridized carbons (Fsp3) is 0.167. The van der Waals surface area contributed by atoms with Crippen LogP contribution in [0.2, 0.25) is 0 Å². The fourth-order valence-electron chi connectivity index (χ4n) is 0.831. The van der Waals surface area contributed by atoms with Crippen LogP contribution in [0.15, 0.2) is 6.20 Å². The fourth-order valence-corrected chi connectivity index (χ4v) is 0.831. The number of nitrogen functional groups attached to an aromatic ring is 2. The number of anilines is 2. The lowest BCUT2D eigenvalue weighted by Gasteiger charge is -1.94. The van der Waals surface area contributed by atoms with E-state index in [1.54, 1.807) is 7.05 Å². The molecule has 0 amide bonds. The second-order valence-corrected chi connectivity index (χ2v) is 2.26. The van der Waals surface area contributed by atoms with Gasteiger partial charge in [-0.25, -0.2) is 4.79 Å². The third kappa shape index (κ3) is 1.000. The second kappa shape index (κ2) is 2.19. The molecule has 11 heavy (non-hydrogen) atoms. The summed E-state index contributed by atoms with van der Waals surface area (Å²) in [6.07, 6.45) is 1.38. The Labute approximate surface area is 63.2 Å². The van der Waals surface area contributed by atoms with E-state index < -0.39 is 5.97 Å². The molecule has 0 saturated carbocycles. The van der Waals surface area contributed by atoms with Gasteiger partial charge < -0.3 is 21.1 Å². The van der Waals surface area contributed by atoms with E-state index in [-0.39, 0.29) is 17.1 Å². The van der Waals surface area contributed by atoms with E-state index in [1.165, 1.54) is 10.8 Å². The maximum Gasteiger partial charge on any atom is 0.339 e. The number of aromatic carboxylic acids is 1. The molecule has 5 heteroatoms. The third-order valence-electron chi connectivity index (χ3n) is 1.50. The lowest BCUT2D eigenvalue weighted by atomic mass is 10.3. The Morgan fingerprint density at radius 2 is 2.18 bits per heavy atom. The number of carbonyl (C=O) groups is 1. The third-order valence-corrected chi connectivity index (χ3v) is 1.50. The predicted octanol–water partition coefficient (Wildman–Crippen LogP) is -0.112. The topological polar surface area (TPSA) is 94.3 Å². The summed E-state index contributed by atoms with van der Waals surface area (Å²) in [5.74, 6) is -0.780. The van der Waals surface area contributed by atoms with Crippen LogP contribution in [-0.4, -0.2) is 15.6 Å². The van der Waals surface area contributed by atoms with Crippen molar-refractivity contribution < 1.29 is 9.90 Å². The number of aromatic nitrogens is 1. The molecule has 0 bridgehead atoms. The van der Waals surface area contributed by atoms with Gasteiger partial charge in [0.15, 0.2) is 0 Å². The van der Waals surface area contributed by atoms with Crippen molar-refractivity contribution >= 4 is 17.5 Å². The summed E-state index contributed by atoms with van der Waals surface area (Å²) in [4.78, 5) is 10.4. The largest absolute Gasteiger partial charge is 0.478 e. The van der Waals surface area contributed by atoms with E-state index in [4.69, 9.17) is 16.6 Å². The van der Waals surface area contributed by atoms with E-state index >= 15 is 0 Å². The molecule has 5 N–H and O–H groups in total. The first-order chi connectivity index (χ1) is 5.04. The number of hydrogen-bond donors (Lipinski definition) is 3. The number of aryl methyl sites for hydroxylation is 1. The first-order valence-corrected chi connectivity index (χ1v) is 2.97. The molecule has 0 aromatic carbocycles. The Balaban J connectivity index is 3.29. The quantitative estimate of drug-likeness (QED) is 0.527. The van der Waals surface area contributed by atoms with Crippen LogP contribution in [0, 0.1) is 0 Å². The van der Waals surface area contributed by atoms with Crippen LogP contribution in [0.5, 0.6) is 0 Å². The summed E-state index contributed by atoms with van der Waals surface area (Å²) in [5.41, 5.74) is 11.0. The molecule has 5 nitrogen and oxygen atoms in total. The summed E-state index contributed by atoms with van der Waals surface area (Å²) in [7, 11) is 1.64. The first kappa shape index (κ1) is 7.46. The van der Waals surface area contributed by atoms with Gasteiger partial charge in [-0.2, -0.15) is 0 Å². The van der Waals surface area contributed by atoms with Crippen molar-refractivity contribution in [1.82, 2.24) is 4.57 Å². The molecule has 1 heterocycles. The molecule has 60 valence electrons. The van der Waals surface area contributed by atoms with Crippen LogP contribution in [0.3, 0.4) is 0 Å². The molecule has 0 fully saturated rings. The minimum atomic E-state index is -1.06. The van der Waals surface area contributed by atoms with Gasteiger partial charge >= 0.3 is 5.97 Å². The Kier molecular flexibility index (Phi) is 1.48. The van der Waals surface area contributed by atoms with Gasteiger partial charge in [0.2, 0.25) is 0 Å². The molecule has 0 spiro atoms. The van der Waals surface area contributed by atoms with Crippen LogP contribution < -0.4 is 11.5 Å². The molecular formula is C6H9N3O2. The monoisotopic (exact) mass is 155 g/mol. The number of nitrogens with zero attached hydrogens (tertiary/aromatic N) is 1. The second-order valence-electron chi connectivity index (χ2n) is 2.26. The maximum absolute atomic E-state index is 10.4. The van der Waals surface area contributed by atoms with Gasteiger partial charge in [-0.1, -0.05) is 0 Å². The molecule has 0 aliphatic heterocycles. The highest BCUT2D eigenvalue weighted by Crippen LogP contribution is 2.20. The van der Waals surface area contributed by atoms with Gasteiger partial charge in [0.1, 0.15) is 11.4 Å². The van der Waals surface area contributed by atoms with E-state index in [9.17, 15) is 4.79 Å². The number of hydrogen-bond acceptors (Lipinski definition) is 3. The van der Waals surface area contributed by atoms with E-state index in [1.807, 2.05) is 0 Å². The predicted molar refractivity (Wildman–Crippen MR) is 41.2 cm³/mol. The Hall–Kier alpha value is -1.65. The molecule has 0 aliphatic carbocycles. The highest BCUT2D eigenvalue weighted by atomic mass is 16.4. The van der Waals surface area contributed by atoms with Crippen molar-refractivity contribution in [1.29, 1.82) is 0 Å². The molecule has 0 unspecified atom stereocenters. The Morgan fingerprint density at radius 1 is 1.64 bits per heavy atom. The van der Waals surface area contributed by atoms with Crippen LogP contribution in [0.25, 0.3) is 0 Å². The SMILES string of the molecule is Cn1cc(C(=O)O)c(N)c1N. The normalized spacial score (nSPS) is 9.91. The van der Waals surface area contributed by atoms with Gasteiger partial charge in [0.05, 0.1) is 5.69 Å². The van der Waals surface area contributed by atoms with Crippen LogP contribution in [0.1, 0.15) is 10.4 Å². The first-order valence-electron chi connectivity index (χ1n) is 2.97.